The van der Waals surface area contributed by atoms with E-state index >= 15 is 0 Å². The fourth-order valence-electron chi connectivity index (χ4n) is 4.85. The Morgan fingerprint density at radius 2 is 1.41 bits per heavy atom. The van der Waals surface area contributed by atoms with E-state index in [1.54, 1.807) is 0 Å². The van der Waals surface area contributed by atoms with E-state index in [4.69, 9.17) is 0 Å². The number of hydrogen-bond acceptors (Lipinski definition) is 2. The highest BCUT2D eigenvalue weighted by Crippen LogP contribution is 2.40. The highest BCUT2D eigenvalue weighted by molar-refractivity contribution is 5.95. The van der Waals surface area contributed by atoms with Gasteiger partial charge in [-0.15, -0.1) is 0 Å². The van der Waals surface area contributed by atoms with Gasteiger partial charge < -0.3 is 4.90 Å². The molecule has 0 radical (unpaired) electrons. The zero-order valence-electron chi connectivity index (χ0n) is 16.2. The first-order valence-electron chi connectivity index (χ1n) is 10.3. The number of carbonyl (C=O) groups is 1. The van der Waals surface area contributed by atoms with Crippen LogP contribution in [-0.2, 0) is 4.79 Å². The van der Waals surface area contributed by atoms with E-state index in [1.165, 1.54) is 43.2 Å². The molecule has 2 aromatic carbocycles. The molecule has 1 aliphatic heterocycles. The number of rotatable bonds is 4. The Hall–Kier alpha value is -2.35. The minimum atomic E-state index is 0.155. The molecule has 2 heteroatoms. The van der Waals surface area contributed by atoms with Crippen LogP contribution < -0.4 is 0 Å². The molecule has 0 saturated heterocycles. The van der Waals surface area contributed by atoms with Crippen molar-refractivity contribution in [3.8, 4) is 0 Å². The summed E-state index contributed by atoms with van der Waals surface area (Å²) in [5.74, 6) is 0.934. The van der Waals surface area contributed by atoms with Gasteiger partial charge in [-0.3, -0.25) is 4.79 Å². The standard InChI is InChI=1S/C25H29NO/c1-19-18-26(23(17-24(19)27)20-11-5-2-6-12-20)25(21-13-7-3-8-14-21)22-15-9-4-10-16-22/h3-4,7-10,13-16,18,20,23,25H,2,5-6,11-12,17H2,1H3. The molecule has 2 aliphatic rings. The van der Waals surface area contributed by atoms with E-state index in [0.29, 0.717) is 24.2 Å². The number of nitrogens with zero attached hydrogens (tertiary/aromatic N) is 1. The minimum Gasteiger partial charge on any atom is -0.362 e. The maximum atomic E-state index is 12.6. The number of carbonyl (C=O) groups excluding carboxylic acids is 1. The lowest BCUT2D eigenvalue weighted by Gasteiger charge is -2.45. The summed E-state index contributed by atoms with van der Waals surface area (Å²) < 4.78 is 0. The summed E-state index contributed by atoms with van der Waals surface area (Å²) >= 11 is 0. The Kier molecular flexibility index (Phi) is 5.42. The molecule has 1 heterocycles. The van der Waals surface area contributed by atoms with Crippen molar-refractivity contribution in [3.05, 3.63) is 83.6 Å². The third-order valence-corrected chi connectivity index (χ3v) is 6.28. The first-order chi connectivity index (χ1) is 13.2. The molecule has 2 nitrogen and oxygen atoms in total. The molecule has 0 amide bonds. The minimum absolute atomic E-state index is 0.155. The van der Waals surface area contributed by atoms with Crippen molar-refractivity contribution in [2.75, 3.05) is 0 Å². The molecule has 4 rings (SSSR count). The third-order valence-electron chi connectivity index (χ3n) is 6.28. The van der Waals surface area contributed by atoms with Crippen molar-refractivity contribution in [2.45, 2.75) is 57.5 Å². The van der Waals surface area contributed by atoms with Gasteiger partial charge in [0.05, 0.1) is 6.04 Å². The Bertz CT molecular complexity index is 750. The zero-order valence-corrected chi connectivity index (χ0v) is 16.2. The van der Waals surface area contributed by atoms with Gasteiger partial charge in [-0.1, -0.05) is 79.9 Å². The van der Waals surface area contributed by atoms with Gasteiger partial charge in [-0.25, -0.2) is 0 Å². The normalized spacial score (nSPS) is 21.4. The van der Waals surface area contributed by atoms with Gasteiger partial charge in [0.25, 0.3) is 0 Å². The number of allylic oxidation sites excluding steroid dienone is 1. The third kappa shape index (κ3) is 3.85. The molecule has 2 aromatic rings. The van der Waals surface area contributed by atoms with Gasteiger partial charge in [-0.2, -0.15) is 0 Å². The number of Topliss-reactive ketones (excluding diaryl/α,β-unsaturated/α-hetero) is 1. The average Bonchev–Trinajstić information content (AvgIpc) is 2.73. The lowest BCUT2D eigenvalue weighted by Crippen LogP contribution is -2.45. The number of ketones is 1. The fourth-order valence-corrected chi connectivity index (χ4v) is 4.85. The van der Waals surface area contributed by atoms with Crippen LogP contribution in [0, 0.1) is 5.92 Å². The molecule has 1 atom stereocenters. The van der Waals surface area contributed by atoms with Gasteiger partial charge >= 0.3 is 0 Å². The predicted octanol–water partition coefficient (Wildman–Crippen LogP) is 5.90. The van der Waals surface area contributed by atoms with Gasteiger partial charge in [0.1, 0.15) is 0 Å². The summed E-state index contributed by atoms with van der Waals surface area (Å²) in [5.41, 5.74) is 3.48. The molecule has 1 aliphatic carbocycles. The quantitative estimate of drug-likeness (QED) is 0.677. The Morgan fingerprint density at radius 3 is 1.96 bits per heavy atom. The highest BCUT2D eigenvalue weighted by atomic mass is 16.1. The van der Waals surface area contributed by atoms with Gasteiger partial charge in [0.15, 0.2) is 5.78 Å². The smallest absolute Gasteiger partial charge is 0.162 e. The largest absolute Gasteiger partial charge is 0.362 e. The molecule has 0 aromatic heterocycles. The van der Waals surface area contributed by atoms with Crippen molar-refractivity contribution in [1.82, 2.24) is 4.90 Å². The maximum absolute atomic E-state index is 12.6. The molecule has 1 unspecified atom stereocenters. The fraction of sp³-hybridized carbons (Fsp3) is 0.400. The van der Waals surface area contributed by atoms with E-state index in [1.807, 2.05) is 6.92 Å². The summed E-state index contributed by atoms with van der Waals surface area (Å²) in [7, 11) is 0. The van der Waals surface area contributed by atoms with Gasteiger partial charge in [0, 0.05) is 24.2 Å². The molecule has 140 valence electrons. The van der Waals surface area contributed by atoms with E-state index in [0.717, 1.165) is 5.57 Å². The molecule has 0 spiro atoms. The lowest BCUT2D eigenvalue weighted by molar-refractivity contribution is -0.118. The summed E-state index contributed by atoms with van der Waals surface area (Å²) in [6.45, 7) is 1.97. The van der Waals surface area contributed by atoms with Crippen LogP contribution in [0.3, 0.4) is 0 Å². The van der Waals surface area contributed by atoms with Crippen LogP contribution in [0.15, 0.2) is 72.4 Å². The van der Waals surface area contributed by atoms with Gasteiger partial charge in [-0.05, 0) is 36.8 Å². The van der Waals surface area contributed by atoms with Crippen LogP contribution in [0.1, 0.15) is 62.6 Å². The van der Waals surface area contributed by atoms with Crippen molar-refractivity contribution in [1.29, 1.82) is 0 Å². The molecule has 1 fully saturated rings. The average molecular weight is 360 g/mol. The van der Waals surface area contributed by atoms with Crippen LogP contribution in [0.5, 0.6) is 0 Å². The predicted molar refractivity (Wildman–Crippen MR) is 110 cm³/mol. The van der Waals surface area contributed by atoms with E-state index in [9.17, 15) is 4.79 Å². The Balaban J connectivity index is 1.78. The Morgan fingerprint density at radius 1 is 0.852 bits per heavy atom. The van der Waals surface area contributed by atoms with Crippen LogP contribution in [0.2, 0.25) is 0 Å². The van der Waals surface area contributed by atoms with Crippen molar-refractivity contribution >= 4 is 5.78 Å². The van der Waals surface area contributed by atoms with E-state index in [2.05, 4.69) is 71.8 Å². The summed E-state index contributed by atoms with van der Waals surface area (Å²) in [6.07, 6.45) is 9.24. The molecule has 27 heavy (non-hydrogen) atoms. The second-order valence-electron chi connectivity index (χ2n) is 8.08. The summed E-state index contributed by atoms with van der Waals surface area (Å²) in [6, 6.07) is 21.9. The number of hydrogen-bond donors (Lipinski definition) is 0. The van der Waals surface area contributed by atoms with E-state index < -0.39 is 0 Å². The topological polar surface area (TPSA) is 20.3 Å². The lowest BCUT2D eigenvalue weighted by atomic mass is 9.78. The summed E-state index contributed by atoms with van der Waals surface area (Å²) in [4.78, 5) is 15.1. The van der Waals surface area contributed by atoms with E-state index in [-0.39, 0.29) is 6.04 Å². The van der Waals surface area contributed by atoms with Crippen molar-refractivity contribution in [3.63, 3.8) is 0 Å². The maximum Gasteiger partial charge on any atom is 0.162 e. The van der Waals surface area contributed by atoms with Crippen molar-refractivity contribution < 1.29 is 4.79 Å². The van der Waals surface area contributed by atoms with Crippen molar-refractivity contribution in [2.24, 2.45) is 5.92 Å². The first kappa shape index (κ1) is 18.0. The second kappa shape index (κ2) is 8.12. The monoisotopic (exact) mass is 359 g/mol. The molecule has 0 N–H and O–H groups in total. The van der Waals surface area contributed by atoms with Crippen LogP contribution in [0.25, 0.3) is 0 Å². The molecular formula is C25H29NO. The van der Waals surface area contributed by atoms with Gasteiger partial charge in [0.2, 0.25) is 0 Å². The summed E-state index contributed by atoms with van der Waals surface area (Å²) in [5, 5.41) is 0. The second-order valence-corrected chi connectivity index (χ2v) is 8.08. The highest BCUT2D eigenvalue weighted by Gasteiger charge is 2.37. The van der Waals surface area contributed by atoms with Crippen LogP contribution >= 0.6 is 0 Å². The van der Waals surface area contributed by atoms with Crippen LogP contribution in [-0.4, -0.2) is 16.7 Å². The SMILES string of the molecule is CC1=CN(C(c2ccccc2)c2ccccc2)C(C2CCCCC2)CC1=O. The Labute approximate surface area is 162 Å². The first-order valence-corrected chi connectivity index (χ1v) is 10.3. The molecule has 0 bridgehead atoms. The molecule has 1 saturated carbocycles. The zero-order chi connectivity index (χ0) is 18.6. The molecular weight excluding hydrogens is 330 g/mol. The van der Waals surface area contributed by atoms with Crippen LogP contribution in [0.4, 0.5) is 0 Å². The number of benzene rings is 2.